The highest BCUT2D eigenvalue weighted by atomic mass is 79.9. The highest BCUT2D eigenvalue weighted by Gasteiger charge is 2.10. The molecule has 2 aromatic rings. The van der Waals surface area contributed by atoms with Crippen molar-refractivity contribution in [1.29, 1.82) is 0 Å². The SMILES string of the molecule is CCOC(=O)CCC(C)Nc1ncnc2ccc(Br)cc12. The van der Waals surface area contributed by atoms with Gasteiger partial charge in [-0.15, -0.1) is 0 Å². The van der Waals surface area contributed by atoms with Crippen molar-refractivity contribution >= 4 is 38.6 Å². The van der Waals surface area contributed by atoms with Gasteiger partial charge in [0.25, 0.3) is 0 Å². The van der Waals surface area contributed by atoms with Crippen molar-refractivity contribution in [3.05, 3.63) is 29.0 Å². The topological polar surface area (TPSA) is 64.1 Å². The molecule has 1 aromatic heterocycles. The van der Waals surface area contributed by atoms with Gasteiger partial charge in [-0.2, -0.15) is 0 Å². The molecule has 0 amide bonds. The molecule has 0 aliphatic heterocycles. The van der Waals surface area contributed by atoms with Crippen LogP contribution in [0.15, 0.2) is 29.0 Å². The Morgan fingerprint density at radius 1 is 1.43 bits per heavy atom. The van der Waals surface area contributed by atoms with Crippen LogP contribution < -0.4 is 5.32 Å². The molecular formula is C15H18BrN3O2. The van der Waals surface area contributed by atoms with Gasteiger partial charge in [0.05, 0.1) is 12.1 Å². The third kappa shape index (κ3) is 4.39. The lowest BCUT2D eigenvalue weighted by molar-refractivity contribution is -0.143. The summed E-state index contributed by atoms with van der Waals surface area (Å²) in [6, 6.07) is 5.99. The molecule has 21 heavy (non-hydrogen) atoms. The number of carbonyl (C=O) groups excluding carboxylic acids is 1. The molecule has 1 aromatic carbocycles. The van der Waals surface area contributed by atoms with Crippen LogP contribution >= 0.6 is 15.9 Å². The lowest BCUT2D eigenvalue weighted by Gasteiger charge is -2.15. The first-order valence-electron chi connectivity index (χ1n) is 6.92. The van der Waals surface area contributed by atoms with E-state index < -0.39 is 0 Å². The Morgan fingerprint density at radius 2 is 2.24 bits per heavy atom. The van der Waals surface area contributed by atoms with Gasteiger partial charge in [0.1, 0.15) is 12.1 Å². The van der Waals surface area contributed by atoms with Crippen LogP contribution in [0.4, 0.5) is 5.82 Å². The van der Waals surface area contributed by atoms with E-state index in [0.29, 0.717) is 19.4 Å². The van der Waals surface area contributed by atoms with Gasteiger partial charge in [0.15, 0.2) is 0 Å². The number of nitrogens with one attached hydrogen (secondary N) is 1. The van der Waals surface area contributed by atoms with Crippen molar-refractivity contribution in [3.8, 4) is 0 Å². The second-order valence-electron chi connectivity index (χ2n) is 4.77. The molecule has 0 spiro atoms. The van der Waals surface area contributed by atoms with E-state index in [1.54, 1.807) is 0 Å². The van der Waals surface area contributed by atoms with Crippen molar-refractivity contribution in [2.45, 2.75) is 32.7 Å². The third-order valence-electron chi connectivity index (χ3n) is 3.07. The number of carbonyl (C=O) groups is 1. The monoisotopic (exact) mass is 351 g/mol. The zero-order valence-corrected chi connectivity index (χ0v) is 13.7. The highest BCUT2D eigenvalue weighted by Crippen LogP contribution is 2.24. The molecule has 112 valence electrons. The maximum Gasteiger partial charge on any atom is 0.305 e. The molecule has 0 saturated heterocycles. The quantitative estimate of drug-likeness (QED) is 0.806. The van der Waals surface area contributed by atoms with Crippen LogP contribution in [0.1, 0.15) is 26.7 Å². The number of rotatable bonds is 6. The van der Waals surface area contributed by atoms with Crippen LogP contribution in [0.3, 0.4) is 0 Å². The summed E-state index contributed by atoms with van der Waals surface area (Å²) in [6.45, 7) is 4.25. The first kappa shape index (κ1) is 15.7. The molecule has 6 heteroatoms. The molecule has 2 rings (SSSR count). The number of esters is 1. The largest absolute Gasteiger partial charge is 0.466 e. The lowest BCUT2D eigenvalue weighted by atomic mass is 10.1. The van der Waals surface area contributed by atoms with Crippen molar-refractivity contribution < 1.29 is 9.53 Å². The summed E-state index contributed by atoms with van der Waals surface area (Å²) in [4.78, 5) is 19.9. The molecule has 5 nitrogen and oxygen atoms in total. The maximum atomic E-state index is 11.4. The van der Waals surface area contributed by atoms with Crippen LogP contribution in [0.5, 0.6) is 0 Å². The number of nitrogens with zero attached hydrogens (tertiary/aromatic N) is 2. The standard InChI is InChI=1S/C15H18BrN3O2/c1-3-21-14(20)7-4-10(2)19-15-12-8-11(16)5-6-13(12)17-9-18-15/h5-6,8-10H,3-4,7H2,1-2H3,(H,17,18,19). The summed E-state index contributed by atoms with van der Waals surface area (Å²) in [5.74, 6) is 0.610. The van der Waals surface area contributed by atoms with E-state index >= 15 is 0 Å². The number of halogens is 1. The molecule has 0 bridgehead atoms. The van der Waals surface area contributed by atoms with E-state index in [-0.39, 0.29) is 12.0 Å². The van der Waals surface area contributed by atoms with E-state index in [1.165, 1.54) is 6.33 Å². The zero-order valence-electron chi connectivity index (χ0n) is 12.1. The molecule has 1 N–H and O–H groups in total. The fourth-order valence-corrected chi connectivity index (χ4v) is 2.38. The molecule has 0 fully saturated rings. The Morgan fingerprint density at radius 3 is 3.00 bits per heavy atom. The van der Waals surface area contributed by atoms with Gasteiger partial charge in [-0.05, 0) is 38.5 Å². The summed E-state index contributed by atoms with van der Waals surface area (Å²) < 4.78 is 5.91. The predicted molar refractivity (Wildman–Crippen MR) is 86.2 cm³/mol. The Bertz CT molecular complexity index is 633. The van der Waals surface area contributed by atoms with Crippen molar-refractivity contribution in [2.75, 3.05) is 11.9 Å². The second kappa shape index (κ2) is 7.36. The first-order chi connectivity index (χ1) is 10.1. The minimum absolute atomic E-state index is 0.117. The third-order valence-corrected chi connectivity index (χ3v) is 3.56. The zero-order chi connectivity index (χ0) is 15.2. The Labute approximate surface area is 132 Å². The molecule has 0 aliphatic carbocycles. The number of hydrogen-bond acceptors (Lipinski definition) is 5. The van der Waals surface area contributed by atoms with Gasteiger partial charge in [0.2, 0.25) is 0 Å². The fourth-order valence-electron chi connectivity index (χ4n) is 2.02. The minimum Gasteiger partial charge on any atom is -0.466 e. The number of aromatic nitrogens is 2. The lowest BCUT2D eigenvalue weighted by Crippen LogP contribution is -2.18. The molecule has 0 aliphatic rings. The average molecular weight is 352 g/mol. The van der Waals surface area contributed by atoms with Crippen LogP contribution in [-0.4, -0.2) is 28.6 Å². The van der Waals surface area contributed by atoms with Gasteiger partial charge in [-0.3, -0.25) is 4.79 Å². The summed E-state index contributed by atoms with van der Waals surface area (Å²) in [6.07, 6.45) is 2.63. The first-order valence-corrected chi connectivity index (χ1v) is 7.72. The normalized spacial score (nSPS) is 12.1. The average Bonchev–Trinajstić information content (AvgIpc) is 2.46. The summed E-state index contributed by atoms with van der Waals surface area (Å²) in [5, 5.41) is 4.28. The van der Waals surface area contributed by atoms with E-state index in [1.807, 2.05) is 32.0 Å². The summed E-state index contributed by atoms with van der Waals surface area (Å²) >= 11 is 3.46. The van der Waals surface area contributed by atoms with E-state index in [2.05, 4.69) is 31.2 Å². The molecule has 1 atom stereocenters. The molecular weight excluding hydrogens is 334 g/mol. The number of anilines is 1. The highest BCUT2D eigenvalue weighted by molar-refractivity contribution is 9.10. The van der Waals surface area contributed by atoms with Crippen LogP contribution in [0.2, 0.25) is 0 Å². The molecule has 1 heterocycles. The number of ether oxygens (including phenoxy) is 1. The van der Waals surface area contributed by atoms with Crippen LogP contribution in [0.25, 0.3) is 10.9 Å². The van der Waals surface area contributed by atoms with Crippen LogP contribution in [-0.2, 0) is 9.53 Å². The smallest absolute Gasteiger partial charge is 0.305 e. The van der Waals surface area contributed by atoms with Crippen LogP contribution in [0, 0.1) is 0 Å². The predicted octanol–water partition coefficient (Wildman–Crippen LogP) is 3.54. The maximum absolute atomic E-state index is 11.4. The van der Waals surface area contributed by atoms with Gasteiger partial charge in [-0.25, -0.2) is 9.97 Å². The van der Waals surface area contributed by atoms with Gasteiger partial charge in [-0.1, -0.05) is 15.9 Å². The Balaban J connectivity index is 2.05. The van der Waals surface area contributed by atoms with E-state index in [4.69, 9.17) is 4.74 Å². The fraction of sp³-hybridized carbons (Fsp3) is 0.400. The van der Waals surface area contributed by atoms with E-state index in [0.717, 1.165) is 21.2 Å². The summed E-state index contributed by atoms with van der Waals surface area (Å²) in [5.41, 5.74) is 0.883. The minimum atomic E-state index is -0.165. The number of hydrogen-bond donors (Lipinski definition) is 1. The number of fused-ring (bicyclic) bond motifs is 1. The van der Waals surface area contributed by atoms with Crippen molar-refractivity contribution in [3.63, 3.8) is 0 Å². The van der Waals surface area contributed by atoms with Gasteiger partial charge in [0, 0.05) is 22.3 Å². The molecule has 1 unspecified atom stereocenters. The van der Waals surface area contributed by atoms with Gasteiger partial charge >= 0.3 is 5.97 Å². The summed E-state index contributed by atoms with van der Waals surface area (Å²) in [7, 11) is 0. The Kier molecular flexibility index (Phi) is 5.50. The number of benzene rings is 1. The molecule has 0 saturated carbocycles. The van der Waals surface area contributed by atoms with Gasteiger partial charge < -0.3 is 10.1 Å². The van der Waals surface area contributed by atoms with Crippen molar-refractivity contribution in [1.82, 2.24) is 9.97 Å². The van der Waals surface area contributed by atoms with E-state index in [9.17, 15) is 4.79 Å². The second-order valence-corrected chi connectivity index (χ2v) is 5.69. The Hall–Kier alpha value is -1.69. The van der Waals surface area contributed by atoms with Crippen molar-refractivity contribution in [2.24, 2.45) is 0 Å². The molecule has 0 radical (unpaired) electrons.